The van der Waals surface area contributed by atoms with E-state index >= 15 is 0 Å². The number of aryl methyl sites for hydroxylation is 1. The first kappa shape index (κ1) is 9.55. The fraction of sp³-hybridized carbons (Fsp3) is 0.600. The third-order valence-corrected chi connectivity index (χ3v) is 2.30. The van der Waals surface area contributed by atoms with Crippen LogP contribution in [0.1, 0.15) is 23.5 Å². The zero-order valence-electron chi connectivity index (χ0n) is 8.07. The number of hydrogen-bond acceptors (Lipinski definition) is 4. The van der Waals surface area contributed by atoms with E-state index in [1.165, 1.54) is 0 Å². The van der Waals surface area contributed by atoms with Crippen molar-refractivity contribution in [2.24, 2.45) is 0 Å². The van der Waals surface area contributed by atoms with Crippen molar-refractivity contribution in [3.8, 4) is 0 Å². The molecular weight excluding hydrogens is 180 g/mol. The van der Waals surface area contributed by atoms with Gasteiger partial charge in [0.1, 0.15) is 5.82 Å². The van der Waals surface area contributed by atoms with Gasteiger partial charge in [0.2, 0.25) is 0 Å². The average Bonchev–Trinajstić information content (AvgIpc) is 2.26. The van der Waals surface area contributed by atoms with E-state index in [9.17, 15) is 0 Å². The van der Waals surface area contributed by atoms with Crippen LogP contribution in [0.5, 0.6) is 0 Å². The molecule has 4 heteroatoms. The molecule has 1 N–H and O–H groups in total. The van der Waals surface area contributed by atoms with Gasteiger partial charge in [-0.05, 0) is 6.42 Å². The molecule has 0 unspecified atom stereocenters. The predicted molar refractivity (Wildman–Crippen MR) is 50.8 cm³/mol. The molecular formula is C10H14N2O2. The summed E-state index contributed by atoms with van der Waals surface area (Å²) in [7, 11) is 0. The molecule has 0 spiro atoms. The molecule has 1 aromatic heterocycles. The number of ether oxygens (including phenoxy) is 1. The van der Waals surface area contributed by atoms with Gasteiger partial charge in [0.15, 0.2) is 0 Å². The summed E-state index contributed by atoms with van der Waals surface area (Å²) in [5, 5.41) is 8.69. The molecule has 0 atom stereocenters. The van der Waals surface area contributed by atoms with Crippen molar-refractivity contribution >= 4 is 0 Å². The molecule has 0 radical (unpaired) electrons. The lowest BCUT2D eigenvalue weighted by Gasteiger charge is -2.15. The minimum absolute atomic E-state index is 0.198. The molecule has 0 saturated heterocycles. The minimum atomic E-state index is 0.198. The molecule has 1 aliphatic heterocycles. The number of aliphatic hydroxyl groups excluding tert-OH is 1. The Morgan fingerprint density at radius 3 is 3.29 bits per heavy atom. The van der Waals surface area contributed by atoms with Crippen molar-refractivity contribution in [3.05, 3.63) is 23.3 Å². The molecule has 1 aliphatic rings. The number of aliphatic hydroxyl groups is 1. The Morgan fingerprint density at radius 1 is 1.50 bits per heavy atom. The van der Waals surface area contributed by atoms with Gasteiger partial charge in [0, 0.05) is 31.2 Å². The Balaban J connectivity index is 2.12. The van der Waals surface area contributed by atoms with Crippen LogP contribution in [0.3, 0.4) is 0 Å². The smallest absolute Gasteiger partial charge is 0.128 e. The van der Waals surface area contributed by atoms with E-state index in [4.69, 9.17) is 9.84 Å². The van der Waals surface area contributed by atoms with E-state index in [0.717, 1.165) is 43.0 Å². The highest BCUT2D eigenvalue weighted by Crippen LogP contribution is 2.13. The quantitative estimate of drug-likeness (QED) is 0.760. The second-order valence-electron chi connectivity index (χ2n) is 3.39. The summed E-state index contributed by atoms with van der Waals surface area (Å²) in [4.78, 5) is 8.68. The van der Waals surface area contributed by atoms with Crippen LogP contribution in [0.15, 0.2) is 6.20 Å². The van der Waals surface area contributed by atoms with Crippen molar-refractivity contribution < 1.29 is 9.84 Å². The summed E-state index contributed by atoms with van der Waals surface area (Å²) >= 11 is 0. The van der Waals surface area contributed by atoms with Gasteiger partial charge in [0.25, 0.3) is 0 Å². The number of fused-ring (bicyclic) bond motifs is 1. The summed E-state index contributed by atoms with van der Waals surface area (Å²) in [6.45, 7) is 1.59. The summed E-state index contributed by atoms with van der Waals surface area (Å²) in [6.07, 6.45) is 4.21. The van der Waals surface area contributed by atoms with Gasteiger partial charge < -0.3 is 9.84 Å². The number of hydrogen-bond donors (Lipinski definition) is 1. The molecule has 0 aromatic carbocycles. The number of aromatic nitrogens is 2. The monoisotopic (exact) mass is 194 g/mol. The van der Waals surface area contributed by atoms with Crippen LogP contribution in [0.2, 0.25) is 0 Å². The molecule has 1 aromatic rings. The van der Waals surface area contributed by atoms with Crippen LogP contribution in [-0.2, 0) is 24.2 Å². The molecule has 0 fully saturated rings. The first-order chi connectivity index (χ1) is 6.90. The SMILES string of the molecule is OCCCc1ncc2c(n1)CCOC2. The third-order valence-electron chi connectivity index (χ3n) is 2.30. The van der Waals surface area contributed by atoms with E-state index in [0.29, 0.717) is 6.61 Å². The lowest BCUT2D eigenvalue weighted by atomic mass is 10.1. The predicted octanol–water partition coefficient (Wildman–Crippen LogP) is 0.474. The molecule has 2 heterocycles. The minimum Gasteiger partial charge on any atom is -0.396 e. The third kappa shape index (κ3) is 2.08. The fourth-order valence-electron chi connectivity index (χ4n) is 1.53. The maximum absolute atomic E-state index is 8.69. The normalized spacial score (nSPS) is 15.2. The van der Waals surface area contributed by atoms with E-state index in [1.807, 2.05) is 6.20 Å². The summed E-state index contributed by atoms with van der Waals surface area (Å²) < 4.78 is 5.30. The Labute approximate surface area is 83.0 Å². The highest BCUT2D eigenvalue weighted by atomic mass is 16.5. The highest BCUT2D eigenvalue weighted by molar-refractivity contribution is 5.18. The maximum atomic E-state index is 8.69. The highest BCUT2D eigenvalue weighted by Gasteiger charge is 2.11. The molecule has 14 heavy (non-hydrogen) atoms. The zero-order valence-corrected chi connectivity index (χ0v) is 8.07. The molecule has 0 aliphatic carbocycles. The van der Waals surface area contributed by atoms with E-state index < -0.39 is 0 Å². The number of nitrogens with zero attached hydrogens (tertiary/aromatic N) is 2. The lowest BCUT2D eigenvalue weighted by molar-refractivity contribution is 0.108. The Hall–Kier alpha value is -1.00. The maximum Gasteiger partial charge on any atom is 0.128 e. The van der Waals surface area contributed by atoms with Crippen molar-refractivity contribution in [2.45, 2.75) is 25.9 Å². The summed E-state index contributed by atoms with van der Waals surface area (Å²) in [5.41, 5.74) is 2.21. The van der Waals surface area contributed by atoms with Crippen LogP contribution in [0, 0.1) is 0 Å². The molecule has 0 saturated carbocycles. The van der Waals surface area contributed by atoms with Crippen LogP contribution in [0.25, 0.3) is 0 Å². The molecule has 0 bridgehead atoms. The Morgan fingerprint density at radius 2 is 2.43 bits per heavy atom. The van der Waals surface area contributed by atoms with Gasteiger partial charge in [0.05, 0.1) is 18.9 Å². The summed E-state index contributed by atoms with van der Waals surface area (Å²) in [6, 6.07) is 0. The zero-order chi connectivity index (χ0) is 9.80. The second-order valence-corrected chi connectivity index (χ2v) is 3.39. The van der Waals surface area contributed by atoms with Gasteiger partial charge in [-0.15, -0.1) is 0 Å². The first-order valence-corrected chi connectivity index (χ1v) is 4.92. The van der Waals surface area contributed by atoms with Crippen LogP contribution in [-0.4, -0.2) is 28.3 Å². The fourth-order valence-corrected chi connectivity index (χ4v) is 1.53. The van der Waals surface area contributed by atoms with Crippen molar-refractivity contribution in [3.63, 3.8) is 0 Å². The van der Waals surface area contributed by atoms with Crippen LogP contribution in [0.4, 0.5) is 0 Å². The van der Waals surface area contributed by atoms with Crippen molar-refractivity contribution in [1.82, 2.24) is 9.97 Å². The topological polar surface area (TPSA) is 55.2 Å². The van der Waals surface area contributed by atoms with Gasteiger partial charge in [-0.2, -0.15) is 0 Å². The van der Waals surface area contributed by atoms with E-state index in [-0.39, 0.29) is 6.61 Å². The van der Waals surface area contributed by atoms with E-state index in [2.05, 4.69) is 9.97 Å². The van der Waals surface area contributed by atoms with Crippen molar-refractivity contribution in [2.75, 3.05) is 13.2 Å². The second kappa shape index (κ2) is 4.48. The standard InChI is InChI=1S/C10H14N2O2/c13-4-1-2-10-11-6-8-7-14-5-3-9(8)12-10/h6,13H,1-5,7H2. The van der Waals surface area contributed by atoms with Crippen LogP contribution >= 0.6 is 0 Å². The van der Waals surface area contributed by atoms with Gasteiger partial charge in [-0.1, -0.05) is 0 Å². The Bertz CT molecular complexity index is 315. The van der Waals surface area contributed by atoms with Gasteiger partial charge >= 0.3 is 0 Å². The van der Waals surface area contributed by atoms with Gasteiger partial charge in [-0.25, -0.2) is 9.97 Å². The first-order valence-electron chi connectivity index (χ1n) is 4.92. The van der Waals surface area contributed by atoms with E-state index in [1.54, 1.807) is 0 Å². The molecule has 0 amide bonds. The van der Waals surface area contributed by atoms with Gasteiger partial charge in [-0.3, -0.25) is 0 Å². The number of rotatable bonds is 3. The summed E-state index contributed by atoms with van der Waals surface area (Å²) in [5.74, 6) is 0.833. The molecule has 2 rings (SSSR count). The lowest BCUT2D eigenvalue weighted by Crippen LogP contribution is -2.14. The van der Waals surface area contributed by atoms with Crippen molar-refractivity contribution in [1.29, 1.82) is 0 Å². The van der Waals surface area contributed by atoms with Crippen LogP contribution < -0.4 is 0 Å². The average molecular weight is 194 g/mol. The Kier molecular flexibility index (Phi) is 3.06. The molecule has 4 nitrogen and oxygen atoms in total. The largest absolute Gasteiger partial charge is 0.396 e. The molecule has 76 valence electrons.